The molecule has 24 heavy (non-hydrogen) atoms. The lowest BCUT2D eigenvalue weighted by Gasteiger charge is -2.21. The molecule has 0 radical (unpaired) electrons. The van der Waals surface area contributed by atoms with E-state index in [1.807, 2.05) is 19.9 Å². The van der Waals surface area contributed by atoms with Gasteiger partial charge in [-0.3, -0.25) is 4.79 Å². The average molecular weight is 346 g/mol. The van der Waals surface area contributed by atoms with Gasteiger partial charge < -0.3 is 10.1 Å². The maximum Gasteiger partial charge on any atom is 0.251 e. The molecule has 2 aromatic rings. The van der Waals surface area contributed by atoms with Crippen LogP contribution in [0, 0.1) is 6.92 Å². The van der Waals surface area contributed by atoms with Gasteiger partial charge in [0.15, 0.2) is 0 Å². The highest BCUT2D eigenvalue weighted by Crippen LogP contribution is 2.32. The van der Waals surface area contributed by atoms with E-state index >= 15 is 0 Å². The van der Waals surface area contributed by atoms with Crippen molar-refractivity contribution in [3.63, 3.8) is 0 Å². The predicted molar refractivity (Wildman–Crippen MR) is 99.2 cm³/mol. The zero-order chi connectivity index (χ0) is 17.9. The van der Waals surface area contributed by atoms with Crippen molar-refractivity contribution >= 4 is 17.5 Å². The lowest BCUT2D eigenvalue weighted by atomic mass is 9.93. The number of aryl methyl sites for hydroxylation is 1. The second-order valence-corrected chi connectivity index (χ2v) is 6.75. The van der Waals surface area contributed by atoms with Crippen LogP contribution in [-0.4, -0.2) is 13.0 Å². The number of hydrogen-bond donors (Lipinski definition) is 1. The Morgan fingerprint density at radius 3 is 2.42 bits per heavy atom. The molecule has 0 aromatic heterocycles. The zero-order valence-electron chi connectivity index (χ0n) is 14.8. The molecule has 1 unspecified atom stereocenters. The van der Waals surface area contributed by atoms with Gasteiger partial charge in [-0.25, -0.2) is 0 Å². The van der Waals surface area contributed by atoms with Gasteiger partial charge in [-0.2, -0.15) is 0 Å². The first-order valence-corrected chi connectivity index (χ1v) is 8.46. The average Bonchev–Trinajstić information content (AvgIpc) is 2.53. The molecular weight excluding hydrogens is 322 g/mol. The van der Waals surface area contributed by atoms with Crippen LogP contribution in [0.3, 0.4) is 0 Å². The minimum Gasteiger partial charge on any atom is -0.496 e. The Balaban J connectivity index is 2.27. The summed E-state index contributed by atoms with van der Waals surface area (Å²) in [6, 6.07) is 11.0. The van der Waals surface area contributed by atoms with Gasteiger partial charge in [0.2, 0.25) is 0 Å². The van der Waals surface area contributed by atoms with E-state index in [2.05, 4.69) is 25.2 Å². The molecule has 0 bridgehead atoms. The third kappa shape index (κ3) is 4.09. The standard InChI is InChI=1S/C20H24ClNO2/c1-12(2)17-11-18(13(3)9-19(17)24-5)14(4)22-20(23)15-7-6-8-16(21)10-15/h6-12,14H,1-5H3,(H,22,23). The lowest BCUT2D eigenvalue weighted by Crippen LogP contribution is -2.27. The van der Waals surface area contributed by atoms with Gasteiger partial charge in [0.25, 0.3) is 5.91 Å². The van der Waals surface area contributed by atoms with Gasteiger partial charge in [-0.05, 0) is 66.8 Å². The third-order valence-corrected chi connectivity index (χ3v) is 4.38. The van der Waals surface area contributed by atoms with Crippen LogP contribution in [0.1, 0.15) is 59.8 Å². The number of carbonyl (C=O) groups is 1. The molecule has 0 aliphatic heterocycles. The fourth-order valence-corrected chi connectivity index (χ4v) is 2.99. The Morgan fingerprint density at radius 2 is 1.83 bits per heavy atom. The lowest BCUT2D eigenvalue weighted by molar-refractivity contribution is 0.0940. The molecule has 2 aromatic carbocycles. The van der Waals surface area contributed by atoms with E-state index in [1.54, 1.807) is 31.4 Å². The summed E-state index contributed by atoms with van der Waals surface area (Å²) in [7, 11) is 1.69. The van der Waals surface area contributed by atoms with Crippen molar-refractivity contribution in [1.82, 2.24) is 5.32 Å². The Hall–Kier alpha value is -2.00. The number of methoxy groups -OCH3 is 1. The molecule has 1 N–H and O–H groups in total. The van der Waals surface area contributed by atoms with Gasteiger partial charge in [0.05, 0.1) is 13.2 Å². The second-order valence-electron chi connectivity index (χ2n) is 6.31. The molecule has 0 saturated heterocycles. The van der Waals surface area contributed by atoms with Crippen LogP contribution in [0.25, 0.3) is 0 Å². The van der Waals surface area contributed by atoms with Crippen LogP contribution >= 0.6 is 11.6 Å². The van der Waals surface area contributed by atoms with E-state index in [0.29, 0.717) is 16.5 Å². The quantitative estimate of drug-likeness (QED) is 0.801. The summed E-state index contributed by atoms with van der Waals surface area (Å²) in [5.41, 5.74) is 3.89. The summed E-state index contributed by atoms with van der Waals surface area (Å²) in [5.74, 6) is 1.10. The number of ether oxygens (including phenoxy) is 1. The molecule has 0 heterocycles. The molecular formula is C20H24ClNO2. The number of carbonyl (C=O) groups excluding carboxylic acids is 1. The SMILES string of the molecule is COc1cc(C)c(C(C)NC(=O)c2cccc(Cl)c2)cc1C(C)C. The van der Waals surface area contributed by atoms with E-state index in [9.17, 15) is 4.79 Å². The molecule has 0 saturated carbocycles. The highest BCUT2D eigenvalue weighted by atomic mass is 35.5. The molecule has 3 nitrogen and oxygen atoms in total. The van der Waals surface area contributed by atoms with Crippen molar-refractivity contribution in [3.8, 4) is 5.75 Å². The van der Waals surface area contributed by atoms with Crippen LogP contribution < -0.4 is 10.1 Å². The fraction of sp³-hybridized carbons (Fsp3) is 0.350. The fourth-order valence-electron chi connectivity index (χ4n) is 2.80. The summed E-state index contributed by atoms with van der Waals surface area (Å²) in [6.07, 6.45) is 0. The van der Waals surface area contributed by atoms with Crippen LogP contribution in [0.2, 0.25) is 5.02 Å². The van der Waals surface area contributed by atoms with Crippen molar-refractivity contribution in [2.75, 3.05) is 7.11 Å². The Bertz CT molecular complexity index is 740. The zero-order valence-corrected chi connectivity index (χ0v) is 15.6. The molecule has 0 fully saturated rings. The molecule has 0 aliphatic rings. The second kappa shape index (κ2) is 7.71. The highest BCUT2D eigenvalue weighted by molar-refractivity contribution is 6.30. The number of rotatable bonds is 5. The van der Waals surface area contributed by atoms with Crippen molar-refractivity contribution in [3.05, 3.63) is 63.7 Å². The smallest absolute Gasteiger partial charge is 0.251 e. The predicted octanol–water partition coefficient (Wildman–Crippen LogP) is 5.27. The number of benzene rings is 2. The number of nitrogens with one attached hydrogen (secondary N) is 1. The third-order valence-electron chi connectivity index (χ3n) is 4.14. The van der Waals surface area contributed by atoms with Gasteiger partial charge in [0, 0.05) is 10.6 Å². The van der Waals surface area contributed by atoms with E-state index in [1.165, 1.54) is 0 Å². The maximum atomic E-state index is 12.4. The molecule has 1 atom stereocenters. The first-order valence-electron chi connectivity index (χ1n) is 8.08. The first kappa shape index (κ1) is 18.3. The molecule has 128 valence electrons. The summed E-state index contributed by atoms with van der Waals surface area (Å²) in [4.78, 5) is 12.4. The topological polar surface area (TPSA) is 38.3 Å². The molecule has 0 aliphatic carbocycles. The largest absolute Gasteiger partial charge is 0.496 e. The number of halogens is 1. The number of amides is 1. The van der Waals surface area contributed by atoms with Crippen LogP contribution in [0.5, 0.6) is 5.75 Å². The van der Waals surface area contributed by atoms with Crippen molar-refractivity contribution in [2.45, 2.75) is 39.7 Å². The Kier molecular flexibility index (Phi) is 5.89. The molecule has 4 heteroatoms. The summed E-state index contributed by atoms with van der Waals surface area (Å²) in [6.45, 7) is 8.28. The van der Waals surface area contributed by atoms with E-state index < -0.39 is 0 Å². The van der Waals surface area contributed by atoms with Crippen molar-refractivity contribution < 1.29 is 9.53 Å². The monoisotopic (exact) mass is 345 g/mol. The van der Waals surface area contributed by atoms with Gasteiger partial charge in [-0.1, -0.05) is 31.5 Å². The summed E-state index contributed by atoms with van der Waals surface area (Å²) in [5, 5.41) is 3.60. The maximum absolute atomic E-state index is 12.4. The highest BCUT2D eigenvalue weighted by Gasteiger charge is 2.17. The van der Waals surface area contributed by atoms with E-state index in [0.717, 1.165) is 22.4 Å². The number of hydrogen-bond acceptors (Lipinski definition) is 2. The van der Waals surface area contributed by atoms with Gasteiger partial charge in [0.1, 0.15) is 5.75 Å². The molecule has 0 spiro atoms. The Labute approximate surface area is 149 Å². The van der Waals surface area contributed by atoms with Crippen LogP contribution in [0.15, 0.2) is 36.4 Å². The van der Waals surface area contributed by atoms with E-state index in [-0.39, 0.29) is 11.9 Å². The van der Waals surface area contributed by atoms with Crippen LogP contribution in [0.4, 0.5) is 0 Å². The minimum atomic E-state index is -0.133. The summed E-state index contributed by atoms with van der Waals surface area (Å²) >= 11 is 5.96. The van der Waals surface area contributed by atoms with Crippen molar-refractivity contribution in [1.29, 1.82) is 0 Å². The van der Waals surface area contributed by atoms with Gasteiger partial charge in [-0.15, -0.1) is 0 Å². The van der Waals surface area contributed by atoms with E-state index in [4.69, 9.17) is 16.3 Å². The summed E-state index contributed by atoms with van der Waals surface area (Å²) < 4.78 is 5.48. The minimum absolute atomic E-state index is 0.111. The van der Waals surface area contributed by atoms with Crippen LogP contribution in [-0.2, 0) is 0 Å². The normalized spacial score (nSPS) is 12.1. The van der Waals surface area contributed by atoms with Crippen molar-refractivity contribution in [2.24, 2.45) is 0 Å². The van der Waals surface area contributed by atoms with Gasteiger partial charge >= 0.3 is 0 Å². The molecule has 2 rings (SSSR count). The Morgan fingerprint density at radius 1 is 1.12 bits per heavy atom. The first-order chi connectivity index (χ1) is 11.3. The molecule has 1 amide bonds.